The number of halogens is 1. The van der Waals surface area contributed by atoms with Gasteiger partial charge in [0.15, 0.2) is 0 Å². The van der Waals surface area contributed by atoms with Gasteiger partial charge in [0.1, 0.15) is 10.8 Å². The van der Waals surface area contributed by atoms with Gasteiger partial charge < -0.3 is 5.32 Å². The standard InChI is InChI=1S/C17H21FN2S/c1-17(2,3)15-14(10-19-13-8-9-13)21-16(20-15)11-4-6-12(18)7-5-11/h4-7,13,19H,8-10H2,1-3H3. The molecule has 0 bridgehead atoms. The first kappa shape index (κ1) is 14.7. The van der Waals surface area contributed by atoms with Crippen molar-refractivity contribution < 1.29 is 4.39 Å². The summed E-state index contributed by atoms with van der Waals surface area (Å²) >= 11 is 1.72. The van der Waals surface area contributed by atoms with E-state index in [1.807, 2.05) is 0 Å². The molecule has 1 fully saturated rings. The predicted octanol–water partition coefficient (Wildman–Crippen LogP) is 4.50. The van der Waals surface area contributed by atoms with Gasteiger partial charge in [-0.3, -0.25) is 0 Å². The molecule has 2 nitrogen and oxygen atoms in total. The van der Waals surface area contributed by atoms with Gasteiger partial charge in [-0.1, -0.05) is 20.8 Å². The largest absolute Gasteiger partial charge is 0.309 e. The molecule has 1 aromatic heterocycles. The van der Waals surface area contributed by atoms with Crippen molar-refractivity contribution in [3.8, 4) is 10.6 Å². The smallest absolute Gasteiger partial charge is 0.123 e. The van der Waals surface area contributed by atoms with Crippen LogP contribution in [0, 0.1) is 5.82 Å². The molecule has 112 valence electrons. The number of nitrogens with zero attached hydrogens (tertiary/aromatic N) is 1. The summed E-state index contributed by atoms with van der Waals surface area (Å²) in [6.45, 7) is 7.46. The van der Waals surface area contributed by atoms with Gasteiger partial charge in [-0.15, -0.1) is 11.3 Å². The van der Waals surface area contributed by atoms with E-state index in [4.69, 9.17) is 4.98 Å². The second-order valence-corrected chi connectivity index (χ2v) is 7.79. The van der Waals surface area contributed by atoms with Crippen molar-refractivity contribution in [2.24, 2.45) is 0 Å². The molecule has 0 unspecified atom stereocenters. The summed E-state index contributed by atoms with van der Waals surface area (Å²) in [5.74, 6) is -0.207. The van der Waals surface area contributed by atoms with E-state index >= 15 is 0 Å². The van der Waals surface area contributed by atoms with Crippen molar-refractivity contribution in [2.45, 2.75) is 51.6 Å². The van der Waals surface area contributed by atoms with Gasteiger partial charge >= 0.3 is 0 Å². The Morgan fingerprint density at radius 2 is 1.90 bits per heavy atom. The van der Waals surface area contributed by atoms with E-state index in [9.17, 15) is 4.39 Å². The Kier molecular flexibility index (Phi) is 3.84. The van der Waals surface area contributed by atoms with Crippen LogP contribution in [0.2, 0.25) is 0 Å². The van der Waals surface area contributed by atoms with Crippen LogP contribution >= 0.6 is 11.3 Å². The van der Waals surface area contributed by atoms with Crippen LogP contribution in [0.3, 0.4) is 0 Å². The van der Waals surface area contributed by atoms with Crippen LogP contribution in [0.15, 0.2) is 24.3 Å². The maximum absolute atomic E-state index is 13.1. The molecule has 0 amide bonds. The number of hydrogen-bond donors (Lipinski definition) is 1. The number of benzene rings is 1. The Bertz CT molecular complexity index is 621. The van der Waals surface area contributed by atoms with Gasteiger partial charge in [0, 0.05) is 28.4 Å². The van der Waals surface area contributed by atoms with Crippen molar-refractivity contribution in [3.63, 3.8) is 0 Å². The Labute approximate surface area is 129 Å². The molecule has 0 aliphatic heterocycles. The summed E-state index contributed by atoms with van der Waals surface area (Å²) in [4.78, 5) is 6.14. The first-order valence-corrected chi connectivity index (χ1v) is 8.24. The minimum absolute atomic E-state index is 0.0232. The predicted molar refractivity (Wildman–Crippen MR) is 86.1 cm³/mol. The molecular formula is C17H21FN2S. The van der Waals surface area contributed by atoms with Crippen molar-refractivity contribution in [1.29, 1.82) is 0 Å². The van der Waals surface area contributed by atoms with Crippen LogP contribution in [0.4, 0.5) is 4.39 Å². The van der Waals surface area contributed by atoms with E-state index in [2.05, 4.69) is 26.1 Å². The van der Waals surface area contributed by atoms with Crippen LogP contribution in [-0.2, 0) is 12.0 Å². The summed E-state index contributed by atoms with van der Waals surface area (Å²) in [6, 6.07) is 7.29. The van der Waals surface area contributed by atoms with Crippen LogP contribution in [0.5, 0.6) is 0 Å². The Balaban J connectivity index is 1.91. The molecule has 2 aromatic rings. The van der Waals surface area contributed by atoms with Gasteiger partial charge in [0.05, 0.1) is 5.69 Å². The number of rotatable bonds is 4. The zero-order valence-electron chi connectivity index (χ0n) is 12.7. The molecule has 0 saturated heterocycles. The molecule has 1 aromatic carbocycles. The van der Waals surface area contributed by atoms with Gasteiger partial charge in [0.2, 0.25) is 0 Å². The van der Waals surface area contributed by atoms with Crippen LogP contribution in [0.1, 0.15) is 44.2 Å². The molecular weight excluding hydrogens is 283 g/mol. The highest BCUT2D eigenvalue weighted by atomic mass is 32.1. The molecule has 1 heterocycles. The Morgan fingerprint density at radius 3 is 2.48 bits per heavy atom. The van der Waals surface area contributed by atoms with E-state index in [-0.39, 0.29) is 11.2 Å². The van der Waals surface area contributed by atoms with Crippen molar-refractivity contribution in [1.82, 2.24) is 10.3 Å². The fourth-order valence-electron chi connectivity index (χ4n) is 2.30. The van der Waals surface area contributed by atoms with Crippen LogP contribution in [0.25, 0.3) is 10.6 Å². The highest BCUT2D eigenvalue weighted by molar-refractivity contribution is 7.15. The normalized spacial score (nSPS) is 15.4. The summed E-state index contributed by atoms with van der Waals surface area (Å²) < 4.78 is 13.1. The average Bonchev–Trinajstić information content (AvgIpc) is 3.14. The zero-order valence-corrected chi connectivity index (χ0v) is 13.6. The zero-order chi connectivity index (χ0) is 15.0. The first-order valence-electron chi connectivity index (χ1n) is 7.43. The number of thiazole rings is 1. The summed E-state index contributed by atoms with van der Waals surface area (Å²) in [5, 5.41) is 4.55. The molecule has 4 heteroatoms. The summed E-state index contributed by atoms with van der Waals surface area (Å²) in [7, 11) is 0. The van der Waals surface area contributed by atoms with Crippen molar-refractivity contribution in [3.05, 3.63) is 40.7 Å². The second kappa shape index (κ2) is 5.50. The monoisotopic (exact) mass is 304 g/mol. The molecule has 0 atom stereocenters. The van der Waals surface area contributed by atoms with E-state index < -0.39 is 0 Å². The van der Waals surface area contributed by atoms with E-state index in [1.54, 1.807) is 23.5 Å². The number of hydrogen-bond acceptors (Lipinski definition) is 3. The number of aromatic nitrogens is 1. The summed E-state index contributed by atoms with van der Waals surface area (Å²) in [6.07, 6.45) is 2.57. The van der Waals surface area contributed by atoms with Gasteiger partial charge in [-0.05, 0) is 37.1 Å². The molecule has 1 N–H and O–H groups in total. The third kappa shape index (κ3) is 3.50. The lowest BCUT2D eigenvalue weighted by atomic mass is 9.91. The van der Waals surface area contributed by atoms with Crippen molar-refractivity contribution in [2.75, 3.05) is 0 Å². The molecule has 21 heavy (non-hydrogen) atoms. The third-order valence-electron chi connectivity index (χ3n) is 3.63. The second-order valence-electron chi connectivity index (χ2n) is 6.70. The number of nitrogens with one attached hydrogen (secondary N) is 1. The fourth-order valence-corrected chi connectivity index (χ4v) is 3.53. The molecule has 3 rings (SSSR count). The highest BCUT2D eigenvalue weighted by Gasteiger charge is 2.26. The van der Waals surface area contributed by atoms with Gasteiger partial charge in [-0.25, -0.2) is 9.37 Å². The molecule has 0 spiro atoms. The highest BCUT2D eigenvalue weighted by Crippen LogP contribution is 2.35. The Hall–Kier alpha value is -1.26. The lowest BCUT2D eigenvalue weighted by Gasteiger charge is -2.17. The van der Waals surface area contributed by atoms with Crippen molar-refractivity contribution >= 4 is 11.3 Å². The van der Waals surface area contributed by atoms with E-state index in [0.717, 1.165) is 22.8 Å². The average molecular weight is 304 g/mol. The maximum atomic E-state index is 13.1. The Morgan fingerprint density at radius 1 is 1.24 bits per heavy atom. The SMILES string of the molecule is CC(C)(C)c1nc(-c2ccc(F)cc2)sc1CNC1CC1. The fraction of sp³-hybridized carbons (Fsp3) is 0.471. The maximum Gasteiger partial charge on any atom is 0.123 e. The van der Waals surface area contributed by atoms with Crippen LogP contribution < -0.4 is 5.32 Å². The third-order valence-corrected chi connectivity index (χ3v) is 4.73. The summed E-state index contributed by atoms with van der Waals surface area (Å²) in [5.41, 5.74) is 2.17. The minimum atomic E-state index is -0.207. The van der Waals surface area contributed by atoms with Crippen LogP contribution in [-0.4, -0.2) is 11.0 Å². The molecule has 0 radical (unpaired) electrons. The van der Waals surface area contributed by atoms with E-state index in [1.165, 1.54) is 29.9 Å². The minimum Gasteiger partial charge on any atom is -0.309 e. The topological polar surface area (TPSA) is 24.9 Å². The molecule has 1 aliphatic carbocycles. The van der Waals surface area contributed by atoms with Gasteiger partial charge in [-0.2, -0.15) is 0 Å². The lowest BCUT2D eigenvalue weighted by Crippen LogP contribution is -2.19. The van der Waals surface area contributed by atoms with E-state index in [0.29, 0.717) is 6.04 Å². The molecule has 1 aliphatic rings. The first-order chi connectivity index (χ1) is 9.93. The lowest BCUT2D eigenvalue weighted by molar-refractivity contribution is 0.559. The quantitative estimate of drug-likeness (QED) is 0.899. The van der Waals surface area contributed by atoms with Gasteiger partial charge in [0.25, 0.3) is 0 Å². The molecule has 1 saturated carbocycles.